The second kappa shape index (κ2) is 19.4. The normalized spacial score (nSPS) is 16.2. The van der Waals surface area contributed by atoms with Crippen LogP contribution < -0.4 is 9.64 Å². The molecule has 2 saturated heterocycles. The summed E-state index contributed by atoms with van der Waals surface area (Å²) in [6, 6.07) is 26.0. The lowest BCUT2D eigenvalue weighted by Crippen LogP contribution is -2.57. The molecule has 12 heteroatoms. The van der Waals surface area contributed by atoms with Gasteiger partial charge in [-0.15, -0.1) is 5.54 Å². The van der Waals surface area contributed by atoms with Gasteiger partial charge >= 0.3 is 6.09 Å². The first-order valence-electron chi connectivity index (χ1n) is 23.8. The number of hydrogen-bond donors (Lipinski definition) is 0. The van der Waals surface area contributed by atoms with Crippen LogP contribution in [0.3, 0.4) is 0 Å². The van der Waals surface area contributed by atoms with E-state index in [9.17, 15) is 4.79 Å². The van der Waals surface area contributed by atoms with Crippen LogP contribution in [0.1, 0.15) is 97.5 Å². The maximum absolute atomic E-state index is 18.7. The highest BCUT2D eigenvalue weighted by Crippen LogP contribution is 2.45. The average Bonchev–Trinajstić information content (AvgIpc) is 3.57. The van der Waals surface area contributed by atoms with Gasteiger partial charge in [0.05, 0.1) is 40.1 Å². The van der Waals surface area contributed by atoms with Crippen LogP contribution in [-0.4, -0.2) is 79.4 Å². The van der Waals surface area contributed by atoms with Crippen molar-refractivity contribution < 1.29 is 27.8 Å². The second-order valence-corrected chi connectivity index (χ2v) is 25.7. The minimum Gasteiger partial charge on any atom is -0.468 e. The van der Waals surface area contributed by atoms with E-state index in [4.69, 9.17) is 29.2 Å². The Morgan fingerprint density at radius 3 is 2.03 bits per heavy atom. The van der Waals surface area contributed by atoms with Crippen molar-refractivity contribution in [1.82, 2.24) is 14.9 Å². The molecule has 2 bridgehead atoms. The van der Waals surface area contributed by atoms with Crippen molar-refractivity contribution >= 4 is 52.9 Å². The minimum absolute atomic E-state index is 0.0112. The fourth-order valence-electron chi connectivity index (χ4n) is 10.7. The Morgan fingerprint density at radius 2 is 1.47 bits per heavy atom. The maximum Gasteiger partial charge on any atom is 0.410 e. The Hall–Kier alpha value is -6.16. The molecule has 4 heterocycles. The fraction of sp³-hybridized carbons (Fsp3) is 0.393. The van der Waals surface area contributed by atoms with Crippen molar-refractivity contribution in [2.24, 2.45) is 4.99 Å². The lowest BCUT2D eigenvalue weighted by atomic mass is 9.95. The Balaban J connectivity index is 1.41. The predicted molar refractivity (Wildman–Crippen MR) is 273 cm³/mol. The van der Waals surface area contributed by atoms with Crippen molar-refractivity contribution in [3.05, 3.63) is 125 Å². The van der Waals surface area contributed by atoms with Crippen molar-refractivity contribution in [2.75, 3.05) is 31.9 Å². The molecule has 4 aromatic carbocycles. The first-order chi connectivity index (χ1) is 32.4. The van der Waals surface area contributed by atoms with Gasteiger partial charge in [0, 0.05) is 53.9 Å². The molecule has 2 aliphatic rings. The number of rotatable bonds is 11. The van der Waals surface area contributed by atoms with Crippen molar-refractivity contribution in [3.63, 3.8) is 0 Å². The van der Waals surface area contributed by atoms with E-state index in [1.54, 1.807) is 24.4 Å². The number of nitrogens with zero attached hydrogens (tertiary/aromatic N) is 5. The zero-order valence-electron chi connectivity index (χ0n) is 41.2. The maximum atomic E-state index is 18.7. The number of amides is 1. The lowest BCUT2D eigenvalue weighted by molar-refractivity contribution is 0.0123. The molecule has 9 nitrogen and oxygen atoms in total. The smallest absolute Gasteiger partial charge is 0.410 e. The number of hydrogen-bond acceptors (Lipinski definition) is 8. The van der Waals surface area contributed by atoms with E-state index < -0.39 is 25.3 Å². The van der Waals surface area contributed by atoms with E-state index >= 15 is 8.78 Å². The van der Waals surface area contributed by atoms with E-state index in [0.29, 0.717) is 80.1 Å². The molecule has 2 atom stereocenters. The summed E-state index contributed by atoms with van der Waals surface area (Å²) in [5, 5.41) is 1.73. The number of fused-ring (bicyclic) bond motifs is 4. The molecule has 0 N–H and O–H groups in total. The summed E-state index contributed by atoms with van der Waals surface area (Å²) in [7, 11) is -0.813. The highest BCUT2D eigenvalue weighted by atomic mass is 28.3. The van der Waals surface area contributed by atoms with Crippen LogP contribution in [-0.2, 0) is 9.47 Å². The summed E-state index contributed by atoms with van der Waals surface area (Å²) in [5.41, 5.74) is 7.67. The molecule has 0 aliphatic carbocycles. The van der Waals surface area contributed by atoms with Crippen LogP contribution in [0.15, 0.2) is 96.1 Å². The van der Waals surface area contributed by atoms with Gasteiger partial charge in [0.1, 0.15) is 36.8 Å². The van der Waals surface area contributed by atoms with E-state index in [2.05, 4.69) is 57.9 Å². The summed E-state index contributed by atoms with van der Waals surface area (Å²) >= 11 is 0. The molecule has 2 unspecified atom stereocenters. The van der Waals surface area contributed by atoms with Gasteiger partial charge in [0.2, 0.25) is 0 Å². The van der Waals surface area contributed by atoms with Crippen LogP contribution in [0.25, 0.3) is 32.8 Å². The van der Waals surface area contributed by atoms with E-state index in [-0.39, 0.29) is 41.6 Å². The van der Waals surface area contributed by atoms with E-state index in [0.717, 1.165) is 24.0 Å². The summed E-state index contributed by atoms with van der Waals surface area (Å²) < 4.78 is 52.5. The van der Waals surface area contributed by atoms with Gasteiger partial charge in [-0.1, -0.05) is 114 Å². The molecule has 2 aliphatic heterocycles. The summed E-state index contributed by atoms with van der Waals surface area (Å²) in [6.45, 7) is 21.7. The summed E-state index contributed by atoms with van der Waals surface area (Å²) in [6.07, 6.45) is 2.94. The number of anilines is 1. The number of methoxy groups -OCH3 is 1. The molecule has 2 aromatic heterocycles. The third kappa shape index (κ3) is 9.23. The van der Waals surface area contributed by atoms with Gasteiger partial charge in [-0.2, -0.15) is 0 Å². The number of aromatic nitrogens is 2. The number of aryl methyl sites for hydroxylation is 1. The Labute approximate surface area is 401 Å². The molecular weight excluding hydrogens is 873 g/mol. The first-order valence-corrected chi connectivity index (χ1v) is 26.0. The summed E-state index contributed by atoms with van der Waals surface area (Å²) in [4.78, 5) is 33.1. The quantitative estimate of drug-likeness (QED) is 0.0553. The van der Waals surface area contributed by atoms with Gasteiger partial charge in [0.15, 0.2) is 12.6 Å². The molecule has 8 rings (SSSR count). The zero-order valence-corrected chi connectivity index (χ0v) is 42.2. The van der Waals surface area contributed by atoms with Gasteiger partial charge in [-0.25, -0.2) is 23.6 Å². The molecule has 0 saturated carbocycles. The van der Waals surface area contributed by atoms with Crippen LogP contribution in [0, 0.1) is 30.0 Å². The number of aliphatic imine (C=N–C) groups is 1. The third-order valence-electron chi connectivity index (χ3n) is 13.7. The van der Waals surface area contributed by atoms with Crippen molar-refractivity contribution in [2.45, 2.75) is 116 Å². The molecule has 1 amide bonds. The zero-order chi connectivity index (χ0) is 48.7. The molecule has 6 aromatic rings. The average molecular weight is 936 g/mol. The third-order valence-corrected chi connectivity index (χ3v) is 20.0. The first kappa shape index (κ1) is 48.3. The Morgan fingerprint density at radius 1 is 0.868 bits per heavy atom. The second-order valence-electron chi connectivity index (χ2n) is 20.1. The summed E-state index contributed by atoms with van der Waals surface area (Å²) in [5.74, 6) is 3.19. The number of carbonyl (C=O) groups is 1. The largest absolute Gasteiger partial charge is 0.468 e. The molecule has 0 radical (unpaired) electrons. The number of carbonyl (C=O) groups excluding carboxylic acids is 1. The monoisotopic (exact) mass is 935 g/mol. The van der Waals surface area contributed by atoms with E-state index in [1.807, 2.05) is 93.3 Å². The SMILES string of the molecule is COCOc1cc(-c2ncc3c(N4CC5CCC(C4)N5C(=O)OC(C)(C)C)nc(C)c(N=C(c4ccccc4)c4ccccc4)c3c2F)c2c(C#C[Si](C(C)C)(C(C)C)C(C)C)c(F)ccc2c1. The van der Waals surface area contributed by atoms with Crippen molar-refractivity contribution in [1.29, 1.82) is 0 Å². The molecule has 354 valence electrons. The van der Waals surface area contributed by atoms with Crippen LogP contribution in [0.5, 0.6) is 5.75 Å². The molecular formula is C56H63F2N5O4Si. The van der Waals surface area contributed by atoms with E-state index in [1.165, 1.54) is 13.2 Å². The molecule has 68 heavy (non-hydrogen) atoms. The van der Waals surface area contributed by atoms with Crippen molar-refractivity contribution in [3.8, 4) is 28.5 Å². The van der Waals surface area contributed by atoms with Gasteiger partial charge in [-0.05, 0) is 80.7 Å². The highest BCUT2D eigenvalue weighted by Gasteiger charge is 2.45. The number of ether oxygens (including phenoxy) is 3. The lowest BCUT2D eigenvalue weighted by Gasteiger charge is -2.42. The Kier molecular flexibility index (Phi) is 13.8. The number of halogens is 2. The van der Waals surface area contributed by atoms with Crippen LogP contribution in [0.4, 0.5) is 25.1 Å². The Bertz CT molecular complexity index is 2870. The topological polar surface area (TPSA) is 89.4 Å². The minimum atomic E-state index is -2.34. The van der Waals surface area contributed by atoms with Gasteiger partial charge in [0.25, 0.3) is 0 Å². The van der Waals surface area contributed by atoms with Gasteiger partial charge in [-0.3, -0.25) is 9.88 Å². The van der Waals surface area contributed by atoms with Crippen LogP contribution in [0.2, 0.25) is 16.6 Å². The fourth-order valence-corrected chi connectivity index (χ4v) is 15.9. The highest BCUT2D eigenvalue weighted by molar-refractivity contribution is 6.90. The number of pyridine rings is 2. The number of benzene rings is 4. The standard InChI is InChI=1S/C56H63F2N5O4Si/c1-34(2)68(35(3)4,36(5)6)27-26-44-47(57)25-22-40-28-43(66-33-65-11)29-45(48(40)44)53-50(58)49-46(30-59-53)54(62-31-41-23-24-42(32-62)63(41)55(64)67-56(8,9)10)60-37(7)51(49)61-52(38-18-14-12-15-19-38)39-20-16-13-17-21-39/h12-22,25,28-30,34-36,41-42H,23-24,31-33H2,1-11H3. The predicted octanol–water partition coefficient (Wildman–Crippen LogP) is 13.3. The number of piperazine rings is 1. The van der Waals surface area contributed by atoms with Crippen LogP contribution >= 0.6 is 0 Å². The van der Waals surface area contributed by atoms with Gasteiger partial charge < -0.3 is 19.1 Å². The molecule has 2 fully saturated rings. The molecule has 0 spiro atoms.